The van der Waals surface area contributed by atoms with Crippen molar-refractivity contribution in [1.29, 1.82) is 0 Å². The van der Waals surface area contributed by atoms with Gasteiger partial charge in [0.2, 0.25) is 0 Å². The van der Waals surface area contributed by atoms with E-state index in [1.54, 1.807) is 0 Å². The number of carbonyl (C=O) groups excluding carboxylic acids is 1. The van der Waals surface area contributed by atoms with Crippen LogP contribution in [0.2, 0.25) is 0 Å². The van der Waals surface area contributed by atoms with Crippen LogP contribution in [0.4, 0.5) is 0 Å². The average Bonchev–Trinajstić information content (AvgIpc) is 2.09. The van der Waals surface area contributed by atoms with E-state index in [0.29, 0.717) is 16.3 Å². The monoisotopic (exact) mass is 248 g/mol. The number of hydrogen-bond acceptors (Lipinski definition) is 3. The Bertz CT molecular complexity index is 311. The third kappa shape index (κ3) is 2.43. The van der Waals surface area contributed by atoms with Crippen LogP contribution in [0.1, 0.15) is 10.4 Å². The van der Waals surface area contributed by atoms with E-state index in [4.69, 9.17) is 4.74 Å². The predicted molar refractivity (Wildman–Crippen MR) is 51.4 cm³/mol. The Labute approximate surface area is 83.6 Å². The lowest BCUT2D eigenvalue weighted by Crippen LogP contribution is -1.87. The molecule has 1 aromatic carbocycles. The van der Waals surface area contributed by atoms with Gasteiger partial charge in [-0.3, -0.25) is 4.79 Å². The molecule has 1 aromatic rings. The number of halogens is 1. The normalized spacial score (nSPS) is 8.77. The van der Waals surface area contributed by atoms with E-state index in [1.807, 2.05) is 0 Å². The second kappa shape index (κ2) is 4.84. The number of hydrogen-bond donors (Lipinski definition) is 1. The van der Waals surface area contributed by atoms with Gasteiger partial charge >= 0.3 is 0 Å². The van der Waals surface area contributed by atoms with Crippen molar-refractivity contribution < 1.29 is 20.1 Å². The molecule has 4 nitrogen and oxygen atoms in total. The van der Waals surface area contributed by atoms with Gasteiger partial charge in [-0.1, -0.05) is 0 Å². The lowest BCUT2D eigenvalue weighted by Gasteiger charge is -2.04. The van der Waals surface area contributed by atoms with E-state index in [1.165, 1.54) is 19.2 Å². The quantitative estimate of drug-likeness (QED) is 0.798. The third-order valence-electron chi connectivity index (χ3n) is 1.41. The van der Waals surface area contributed by atoms with Gasteiger partial charge < -0.3 is 15.3 Å². The molecule has 0 bridgehead atoms. The number of phenols is 1. The number of phenolic OH excluding ortho intramolecular Hbond substituents is 1. The molecule has 0 aromatic heterocycles. The summed E-state index contributed by atoms with van der Waals surface area (Å²) in [6.07, 6.45) is 0.687. The maximum atomic E-state index is 10.4. The molecule has 0 spiro atoms. The number of aldehydes is 1. The van der Waals surface area contributed by atoms with Gasteiger partial charge in [0, 0.05) is 5.56 Å². The molecular formula is C8H9BrO4. The van der Waals surface area contributed by atoms with Crippen molar-refractivity contribution in [2.45, 2.75) is 0 Å². The summed E-state index contributed by atoms with van der Waals surface area (Å²) in [5.41, 5.74) is 0.455. The van der Waals surface area contributed by atoms with Gasteiger partial charge in [-0.05, 0) is 28.1 Å². The van der Waals surface area contributed by atoms with E-state index in [9.17, 15) is 9.90 Å². The van der Waals surface area contributed by atoms with Crippen LogP contribution in [0.3, 0.4) is 0 Å². The predicted octanol–water partition coefficient (Wildman–Crippen LogP) is 1.15. The highest BCUT2D eigenvalue weighted by Gasteiger charge is 2.07. The van der Waals surface area contributed by atoms with E-state index < -0.39 is 0 Å². The van der Waals surface area contributed by atoms with Crippen LogP contribution < -0.4 is 4.74 Å². The van der Waals surface area contributed by atoms with Gasteiger partial charge in [0.25, 0.3) is 0 Å². The summed E-state index contributed by atoms with van der Waals surface area (Å²) in [5.74, 6) is 0.287. The molecule has 1 rings (SSSR count). The molecule has 0 unspecified atom stereocenters. The highest BCUT2D eigenvalue weighted by Crippen LogP contribution is 2.34. The summed E-state index contributed by atoms with van der Waals surface area (Å²) < 4.78 is 5.28. The van der Waals surface area contributed by atoms with E-state index in [2.05, 4.69) is 15.9 Å². The summed E-state index contributed by atoms with van der Waals surface area (Å²) >= 11 is 3.09. The molecule has 13 heavy (non-hydrogen) atoms. The Balaban J connectivity index is 0.00000144. The molecule has 0 saturated carbocycles. The molecule has 0 radical (unpaired) electrons. The second-order valence-corrected chi connectivity index (χ2v) is 3.03. The lowest BCUT2D eigenvalue weighted by atomic mass is 10.2. The molecule has 0 aliphatic carbocycles. The largest absolute Gasteiger partial charge is 0.503 e. The molecule has 3 N–H and O–H groups in total. The first-order chi connectivity index (χ1) is 5.69. The standard InChI is InChI=1S/C8H7BrO3.H2O/c1-12-7-3-5(4-10)2-6(9)8(7)11;/h2-4,11H,1H3;1H2. The van der Waals surface area contributed by atoms with Gasteiger partial charge in [-0.25, -0.2) is 0 Å². The Morgan fingerprint density at radius 3 is 2.62 bits per heavy atom. The van der Waals surface area contributed by atoms with Crippen molar-refractivity contribution in [2.24, 2.45) is 0 Å². The summed E-state index contributed by atoms with van der Waals surface area (Å²) in [6, 6.07) is 2.98. The lowest BCUT2D eigenvalue weighted by molar-refractivity contribution is 0.112. The summed E-state index contributed by atoms with van der Waals surface area (Å²) in [4.78, 5) is 10.4. The molecule has 0 heterocycles. The van der Waals surface area contributed by atoms with Crippen molar-refractivity contribution in [2.75, 3.05) is 7.11 Å². The molecule has 0 atom stereocenters. The van der Waals surface area contributed by atoms with Crippen molar-refractivity contribution in [3.05, 3.63) is 22.2 Å². The van der Waals surface area contributed by atoms with Crippen LogP contribution in [0, 0.1) is 0 Å². The zero-order valence-corrected chi connectivity index (χ0v) is 8.46. The fraction of sp³-hybridized carbons (Fsp3) is 0.125. The van der Waals surface area contributed by atoms with Crippen LogP contribution in [0.5, 0.6) is 11.5 Å². The van der Waals surface area contributed by atoms with Crippen LogP contribution in [-0.2, 0) is 0 Å². The van der Waals surface area contributed by atoms with Crippen LogP contribution in [0.25, 0.3) is 0 Å². The number of ether oxygens (including phenoxy) is 1. The number of rotatable bonds is 2. The van der Waals surface area contributed by atoms with Gasteiger partial charge in [0.1, 0.15) is 6.29 Å². The van der Waals surface area contributed by atoms with Crippen LogP contribution in [0.15, 0.2) is 16.6 Å². The Kier molecular flexibility index (Phi) is 4.44. The van der Waals surface area contributed by atoms with Gasteiger partial charge in [0.15, 0.2) is 11.5 Å². The molecule has 72 valence electrons. The third-order valence-corrected chi connectivity index (χ3v) is 2.01. The maximum absolute atomic E-state index is 10.4. The Hall–Kier alpha value is -1.07. The average molecular weight is 249 g/mol. The highest BCUT2D eigenvalue weighted by molar-refractivity contribution is 9.10. The van der Waals surface area contributed by atoms with Crippen molar-refractivity contribution in [3.8, 4) is 11.5 Å². The van der Waals surface area contributed by atoms with Gasteiger partial charge in [-0.2, -0.15) is 0 Å². The van der Waals surface area contributed by atoms with Crippen LogP contribution in [-0.4, -0.2) is 24.0 Å². The van der Waals surface area contributed by atoms with Crippen LogP contribution >= 0.6 is 15.9 Å². The Morgan fingerprint density at radius 1 is 1.54 bits per heavy atom. The molecular weight excluding hydrogens is 240 g/mol. The fourth-order valence-corrected chi connectivity index (χ4v) is 1.28. The molecule has 0 saturated heterocycles. The first-order valence-corrected chi connectivity index (χ1v) is 4.00. The number of benzene rings is 1. The van der Waals surface area contributed by atoms with E-state index in [0.717, 1.165) is 0 Å². The smallest absolute Gasteiger partial charge is 0.172 e. The first kappa shape index (κ1) is 11.9. The van der Waals surface area contributed by atoms with Crippen molar-refractivity contribution >= 4 is 22.2 Å². The zero-order valence-electron chi connectivity index (χ0n) is 6.87. The number of methoxy groups -OCH3 is 1. The van der Waals surface area contributed by atoms with E-state index >= 15 is 0 Å². The topological polar surface area (TPSA) is 78.0 Å². The maximum Gasteiger partial charge on any atom is 0.172 e. The van der Waals surface area contributed by atoms with E-state index in [-0.39, 0.29) is 17.0 Å². The summed E-state index contributed by atoms with van der Waals surface area (Å²) in [6.45, 7) is 0. The SMILES string of the molecule is COc1cc(C=O)cc(Br)c1O.O. The summed E-state index contributed by atoms with van der Waals surface area (Å²) in [7, 11) is 1.43. The minimum Gasteiger partial charge on any atom is -0.503 e. The molecule has 5 heteroatoms. The number of aromatic hydroxyl groups is 1. The fourth-order valence-electron chi connectivity index (χ4n) is 0.817. The van der Waals surface area contributed by atoms with Gasteiger partial charge in [-0.15, -0.1) is 0 Å². The molecule has 0 aliphatic heterocycles. The Morgan fingerprint density at radius 2 is 2.15 bits per heavy atom. The minimum absolute atomic E-state index is 0. The highest BCUT2D eigenvalue weighted by atomic mass is 79.9. The molecule has 0 amide bonds. The minimum atomic E-state index is 0. The van der Waals surface area contributed by atoms with Crippen molar-refractivity contribution in [3.63, 3.8) is 0 Å². The number of carbonyl (C=O) groups is 1. The zero-order chi connectivity index (χ0) is 9.14. The second-order valence-electron chi connectivity index (χ2n) is 2.17. The first-order valence-electron chi connectivity index (χ1n) is 3.20. The molecule has 0 aliphatic rings. The molecule has 0 fully saturated rings. The van der Waals surface area contributed by atoms with Crippen molar-refractivity contribution in [1.82, 2.24) is 0 Å². The van der Waals surface area contributed by atoms with Gasteiger partial charge in [0.05, 0.1) is 11.6 Å². The summed E-state index contributed by atoms with van der Waals surface area (Å²) in [5, 5.41) is 9.33.